The first-order valence-electron chi connectivity index (χ1n) is 6.33. The molecule has 1 aromatic heterocycles. The number of aromatic nitrogens is 2. The van der Waals surface area contributed by atoms with Crippen molar-refractivity contribution in [3.05, 3.63) is 24.3 Å². The van der Waals surface area contributed by atoms with Gasteiger partial charge in [0.2, 0.25) is 5.16 Å². The number of nitrogens with zero attached hydrogens (tertiary/aromatic N) is 1. The highest BCUT2D eigenvalue weighted by atomic mass is 32.2. The van der Waals surface area contributed by atoms with Gasteiger partial charge in [0.15, 0.2) is 0 Å². The van der Waals surface area contributed by atoms with Gasteiger partial charge in [-0.25, -0.2) is 18.1 Å². The number of sulfonamides is 1. The van der Waals surface area contributed by atoms with Crippen molar-refractivity contribution in [1.82, 2.24) is 20.0 Å². The fourth-order valence-electron chi connectivity index (χ4n) is 2.28. The van der Waals surface area contributed by atoms with E-state index in [9.17, 15) is 8.42 Å². The van der Waals surface area contributed by atoms with E-state index in [2.05, 4.69) is 20.0 Å². The van der Waals surface area contributed by atoms with E-state index in [1.54, 1.807) is 6.07 Å². The van der Waals surface area contributed by atoms with E-state index in [0.29, 0.717) is 12.1 Å². The van der Waals surface area contributed by atoms with Crippen molar-refractivity contribution in [1.29, 1.82) is 0 Å². The molecule has 0 bridgehead atoms. The molecule has 102 valence electrons. The molecule has 0 radical (unpaired) electrons. The van der Waals surface area contributed by atoms with Crippen LogP contribution >= 0.6 is 0 Å². The van der Waals surface area contributed by atoms with Crippen LogP contribution in [-0.4, -0.2) is 37.5 Å². The van der Waals surface area contributed by atoms with Crippen LogP contribution in [0.1, 0.15) is 12.8 Å². The van der Waals surface area contributed by atoms with Crippen LogP contribution < -0.4 is 10.0 Å². The van der Waals surface area contributed by atoms with Crippen LogP contribution in [0.3, 0.4) is 0 Å². The van der Waals surface area contributed by atoms with Crippen LogP contribution in [0.2, 0.25) is 0 Å². The van der Waals surface area contributed by atoms with Crippen LogP contribution in [0.4, 0.5) is 0 Å². The van der Waals surface area contributed by atoms with Gasteiger partial charge in [-0.15, -0.1) is 0 Å². The molecular formula is C12H16N4O2S. The lowest BCUT2D eigenvalue weighted by Gasteiger charge is -2.22. The number of aromatic amines is 1. The van der Waals surface area contributed by atoms with Crippen molar-refractivity contribution < 1.29 is 8.42 Å². The van der Waals surface area contributed by atoms with Gasteiger partial charge >= 0.3 is 0 Å². The molecule has 0 saturated carbocycles. The normalized spacial score (nSPS) is 20.7. The van der Waals surface area contributed by atoms with Crippen LogP contribution in [0.5, 0.6) is 0 Å². The molecule has 0 spiro atoms. The Kier molecular flexibility index (Phi) is 3.26. The zero-order valence-electron chi connectivity index (χ0n) is 10.4. The molecule has 6 nitrogen and oxygen atoms in total. The van der Waals surface area contributed by atoms with Crippen molar-refractivity contribution in [3.63, 3.8) is 0 Å². The van der Waals surface area contributed by atoms with E-state index >= 15 is 0 Å². The van der Waals surface area contributed by atoms with Crippen molar-refractivity contribution in [3.8, 4) is 0 Å². The summed E-state index contributed by atoms with van der Waals surface area (Å²) in [5.41, 5.74) is 1.38. The molecule has 3 N–H and O–H groups in total. The fourth-order valence-corrected chi connectivity index (χ4v) is 3.50. The second-order valence-corrected chi connectivity index (χ2v) is 6.35. The van der Waals surface area contributed by atoms with Crippen molar-refractivity contribution in [2.24, 2.45) is 0 Å². The largest absolute Gasteiger partial charge is 0.328 e. The van der Waals surface area contributed by atoms with E-state index in [-0.39, 0.29) is 11.2 Å². The second kappa shape index (κ2) is 4.92. The third-order valence-corrected chi connectivity index (χ3v) is 4.59. The number of piperidine rings is 1. The predicted molar refractivity (Wildman–Crippen MR) is 72.3 cm³/mol. The number of fused-ring (bicyclic) bond motifs is 1. The minimum absolute atomic E-state index is 0.0146. The van der Waals surface area contributed by atoms with Crippen LogP contribution in [-0.2, 0) is 10.0 Å². The molecular weight excluding hydrogens is 264 g/mol. The quantitative estimate of drug-likeness (QED) is 0.768. The summed E-state index contributed by atoms with van der Waals surface area (Å²) in [6.45, 7) is 1.61. The Balaban J connectivity index is 1.86. The Morgan fingerprint density at radius 1 is 1.32 bits per heavy atom. The van der Waals surface area contributed by atoms with E-state index in [4.69, 9.17) is 0 Å². The Morgan fingerprint density at radius 2 is 2.16 bits per heavy atom. The predicted octanol–water partition coefficient (Wildman–Crippen LogP) is 0.593. The molecule has 0 unspecified atom stereocenters. The second-order valence-electron chi connectivity index (χ2n) is 4.72. The SMILES string of the molecule is O=S(=O)(N[C@H]1CCCNC1)c1nc2ccccc2[nH]1. The van der Waals surface area contributed by atoms with Crippen molar-refractivity contribution in [2.45, 2.75) is 24.0 Å². The first-order valence-corrected chi connectivity index (χ1v) is 7.81. The first-order chi connectivity index (χ1) is 9.15. The number of benzene rings is 1. The summed E-state index contributed by atoms with van der Waals surface area (Å²) in [6, 6.07) is 7.20. The maximum absolute atomic E-state index is 12.2. The molecule has 2 aromatic rings. The van der Waals surface area contributed by atoms with Crippen molar-refractivity contribution >= 4 is 21.1 Å². The number of para-hydroxylation sites is 2. The van der Waals surface area contributed by atoms with E-state index in [1.165, 1.54) is 0 Å². The van der Waals surface area contributed by atoms with Gasteiger partial charge < -0.3 is 10.3 Å². The zero-order chi connectivity index (χ0) is 13.3. The summed E-state index contributed by atoms with van der Waals surface area (Å²) < 4.78 is 27.2. The summed E-state index contributed by atoms with van der Waals surface area (Å²) in [4.78, 5) is 6.97. The topological polar surface area (TPSA) is 86.9 Å². The van der Waals surface area contributed by atoms with E-state index in [1.807, 2.05) is 18.2 Å². The average Bonchev–Trinajstić information content (AvgIpc) is 2.84. The Hall–Kier alpha value is -1.44. The van der Waals surface area contributed by atoms with Crippen molar-refractivity contribution in [2.75, 3.05) is 13.1 Å². The number of hydrogen-bond acceptors (Lipinski definition) is 4. The molecule has 0 amide bonds. The molecule has 1 aromatic carbocycles. The molecule has 1 saturated heterocycles. The molecule has 1 aliphatic heterocycles. The summed E-state index contributed by atoms with van der Waals surface area (Å²) in [7, 11) is -3.58. The molecule has 19 heavy (non-hydrogen) atoms. The van der Waals surface area contributed by atoms with E-state index in [0.717, 1.165) is 24.9 Å². The van der Waals surface area contributed by atoms with Gasteiger partial charge in [-0.1, -0.05) is 12.1 Å². The molecule has 1 aliphatic rings. The maximum Gasteiger partial charge on any atom is 0.274 e. The highest BCUT2D eigenvalue weighted by Gasteiger charge is 2.24. The lowest BCUT2D eigenvalue weighted by atomic mass is 10.1. The van der Waals surface area contributed by atoms with Gasteiger partial charge in [0.1, 0.15) is 0 Å². The number of nitrogens with one attached hydrogen (secondary N) is 3. The summed E-state index contributed by atoms with van der Waals surface area (Å²) in [5.74, 6) is 0. The monoisotopic (exact) mass is 280 g/mol. The number of imidazole rings is 1. The Morgan fingerprint density at radius 3 is 2.89 bits per heavy atom. The van der Waals surface area contributed by atoms with Crippen LogP contribution in [0.15, 0.2) is 29.4 Å². The van der Waals surface area contributed by atoms with Gasteiger partial charge in [0.25, 0.3) is 10.0 Å². The zero-order valence-corrected chi connectivity index (χ0v) is 11.2. The van der Waals surface area contributed by atoms with E-state index < -0.39 is 10.0 Å². The van der Waals surface area contributed by atoms with Gasteiger partial charge in [0.05, 0.1) is 11.0 Å². The highest BCUT2D eigenvalue weighted by molar-refractivity contribution is 7.89. The number of rotatable bonds is 3. The smallest absolute Gasteiger partial charge is 0.274 e. The van der Waals surface area contributed by atoms with Gasteiger partial charge in [-0.2, -0.15) is 0 Å². The van der Waals surface area contributed by atoms with Gasteiger partial charge in [0, 0.05) is 12.6 Å². The molecule has 1 fully saturated rings. The lowest BCUT2D eigenvalue weighted by Crippen LogP contribution is -2.45. The molecule has 7 heteroatoms. The maximum atomic E-state index is 12.2. The Labute approximate surface area is 111 Å². The minimum Gasteiger partial charge on any atom is -0.328 e. The summed E-state index contributed by atoms with van der Waals surface area (Å²) in [6.07, 6.45) is 1.83. The van der Waals surface area contributed by atoms with Crippen LogP contribution in [0, 0.1) is 0 Å². The molecule has 3 rings (SSSR count). The standard InChI is InChI=1S/C12H16N4O2S/c17-19(18,16-9-4-3-7-13-8-9)12-14-10-5-1-2-6-11(10)15-12/h1-2,5-6,9,13,16H,3-4,7-8H2,(H,14,15)/t9-/m0/s1. The third-order valence-electron chi connectivity index (χ3n) is 3.24. The van der Waals surface area contributed by atoms with Gasteiger partial charge in [-0.3, -0.25) is 0 Å². The molecule has 2 heterocycles. The number of H-pyrrole nitrogens is 1. The fraction of sp³-hybridized carbons (Fsp3) is 0.417. The van der Waals surface area contributed by atoms with Crippen LogP contribution in [0.25, 0.3) is 11.0 Å². The average molecular weight is 280 g/mol. The highest BCUT2D eigenvalue weighted by Crippen LogP contribution is 2.14. The summed E-state index contributed by atoms with van der Waals surface area (Å²) >= 11 is 0. The third kappa shape index (κ3) is 2.63. The molecule has 0 aliphatic carbocycles. The number of hydrogen-bond donors (Lipinski definition) is 3. The first kappa shape index (κ1) is 12.6. The van der Waals surface area contributed by atoms with Gasteiger partial charge in [-0.05, 0) is 31.5 Å². The molecule has 1 atom stereocenters. The Bertz CT molecular complexity index is 641. The lowest BCUT2D eigenvalue weighted by molar-refractivity contribution is 0.427. The summed E-state index contributed by atoms with van der Waals surface area (Å²) in [5, 5.41) is 3.16. The minimum atomic E-state index is -3.58.